The molecule has 1 heteroatoms. The molecule has 0 radical (unpaired) electrons. The van der Waals surface area contributed by atoms with Crippen molar-refractivity contribution in [3.63, 3.8) is 0 Å². The van der Waals surface area contributed by atoms with E-state index in [2.05, 4.69) is 45.1 Å². The molecule has 1 heterocycles. The van der Waals surface area contributed by atoms with Gasteiger partial charge in [-0.2, -0.15) is 0 Å². The molecule has 14 heavy (non-hydrogen) atoms. The van der Waals surface area contributed by atoms with E-state index in [1.54, 1.807) is 5.56 Å². The number of benzene rings is 1. The summed E-state index contributed by atoms with van der Waals surface area (Å²) in [6, 6.07) is 4.61. The molecule has 0 aromatic heterocycles. The van der Waals surface area contributed by atoms with Crippen LogP contribution in [-0.2, 0) is 12.0 Å². The first-order chi connectivity index (χ1) is 6.50. The van der Waals surface area contributed by atoms with Crippen LogP contribution < -0.4 is 5.32 Å². The third-order valence-electron chi connectivity index (χ3n) is 3.12. The van der Waals surface area contributed by atoms with Gasteiger partial charge in [0.1, 0.15) is 0 Å². The second kappa shape index (κ2) is 3.09. The van der Waals surface area contributed by atoms with Crippen molar-refractivity contribution in [1.29, 1.82) is 0 Å². The molecule has 1 N–H and O–H groups in total. The average Bonchev–Trinajstić information content (AvgIpc) is 2.00. The van der Waals surface area contributed by atoms with Crippen LogP contribution in [0, 0.1) is 13.8 Å². The van der Waals surface area contributed by atoms with E-state index in [1.807, 2.05) is 0 Å². The molecule has 1 nitrogen and oxygen atoms in total. The molecule has 1 aromatic rings. The molecule has 0 bridgehead atoms. The molecule has 0 saturated heterocycles. The van der Waals surface area contributed by atoms with Gasteiger partial charge in [0.25, 0.3) is 0 Å². The van der Waals surface area contributed by atoms with Crippen LogP contribution in [0.5, 0.6) is 0 Å². The van der Waals surface area contributed by atoms with Crippen LogP contribution in [0.1, 0.15) is 36.1 Å². The van der Waals surface area contributed by atoms with Crippen molar-refractivity contribution in [1.82, 2.24) is 5.32 Å². The minimum Gasteiger partial charge on any atom is -0.312 e. The molecule has 0 spiro atoms. The summed E-state index contributed by atoms with van der Waals surface area (Å²) >= 11 is 0. The maximum Gasteiger partial charge on any atom is 0.0209 e. The van der Waals surface area contributed by atoms with Gasteiger partial charge >= 0.3 is 0 Å². The molecule has 0 saturated carbocycles. The Balaban J connectivity index is 2.63. The Morgan fingerprint density at radius 3 is 2.64 bits per heavy atom. The van der Waals surface area contributed by atoms with E-state index in [4.69, 9.17) is 0 Å². The molecule has 0 atom stereocenters. The van der Waals surface area contributed by atoms with E-state index >= 15 is 0 Å². The Kier molecular flexibility index (Phi) is 2.15. The predicted octanol–water partition coefficient (Wildman–Crippen LogP) is 2.68. The Hall–Kier alpha value is -0.820. The first-order valence-electron chi connectivity index (χ1n) is 5.32. The fraction of sp³-hybridized carbons (Fsp3) is 0.538. The highest BCUT2D eigenvalue weighted by atomic mass is 14.9. The molecular weight excluding hydrogens is 170 g/mol. The normalized spacial score (nSPS) is 19.1. The maximum atomic E-state index is 3.49. The Morgan fingerprint density at radius 1 is 1.21 bits per heavy atom. The highest BCUT2D eigenvalue weighted by Crippen LogP contribution is 2.32. The van der Waals surface area contributed by atoms with E-state index in [-0.39, 0.29) is 5.41 Å². The van der Waals surface area contributed by atoms with Crippen molar-refractivity contribution in [2.24, 2.45) is 0 Å². The van der Waals surface area contributed by atoms with Crippen LogP contribution in [0.15, 0.2) is 12.1 Å². The Labute approximate surface area is 86.5 Å². The van der Waals surface area contributed by atoms with Gasteiger partial charge in [-0.05, 0) is 30.5 Å². The van der Waals surface area contributed by atoms with E-state index in [0.29, 0.717) is 0 Å². The van der Waals surface area contributed by atoms with E-state index < -0.39 is 0 Å². The molecule has 0 unspecified atom stereocenters. The van der Waals surface area contributed by atoms with Gasteiger partial charge in [-0.25, -0.2) is 0 Å². The van der Waals surface area contributed by atoms with Crippen molar-refractivity contribution >= 4 is 0 Å². The number of hydrogen-bond acceptors (Lipinski definition) is 1. The van der Waals surface area contributed by atoms with Crippen molar-refractivity contribution in [2.75, 3.05) is 6.54 Å². The first-order valence-corrected chi connectivity index (χ1v) is 5.32. The maximum absolute atomic E-state index is 3.49. The van der Waals surface area contributed by atoms with Crippen molar-refractivity contribution < 1.29 is 0 Å². The lowest BCUT2D eigenvalue weighted by atomic mass is 9.76. The number of fused-ring (bicyclic) bond motifs is 1. The molecular formula is C13H19N. The molecule has 0 fully saturated rings. The standard InChI is InChI=1S/C13H19N/c1-9-5-10(2)12-11(6-9)7-14-8-13(12,3)4/h5-6,14H,7-8H2,1-4H3. The summed E-state index contributed by atoms with van der Waals surface area (Å²) in [4.78, 5) is 0. The quantitative estimate of drug-likeness (QED) is 0.661. The lowest BCUT2D eigenvalue weighted by molar-refractivity contribution is 0.432. The summed E-state index contributed by atoms with van der Waals surface area (Å²) in [5, 5.41) is 3.49. The van der Waals surface area contributed by atoms with Gasteiger partial charge in [0.15, 0.2) is 0 Å². The summed E-state index contributed by atoms with van der Waals surface area (Å²) in [6.45, 7) is 11.2. The molecule has 0 aliphatic carbocycles. The molecule has 1 aromatic carbocycles. The number of nitrogens with one attached hydrogen (secondary N) is 1. The predicted molar refractivity (Wildman–Crippen MR) is 60.6 cm³/mol. The van der Waals surface area contributed by atoms with Gasteiger partial charge in [-0.3, -0.25) is 0 Å². The second-order valence-electron chi connectivity index (χ2n) is 5.10. The fourth-order valence-electron chi connectivity index (χ4n) is 2.76. The minimum atomic E-state index is 0.283. The first kappa shape index (κ1) is 9.72. The van der Waals surface area contributed by atoms with Crippen LogP contribution in [0.2, 0.25) is 0 Å². The Bertz CT molecular complexity index is 364. The largest absolute Gasteiger partial charge is 0.312 e. The minimum absolute atomic E-state index is 0.283. The van der Waals surface area contributed by atoms with Gasteiger partial charge in [-0.1, -0.05) is 31.5 Å². The van der Waals surface area contributed by atoms with Gasteiger partial charge in [0.05, 0.1) is 0 Å². The van der Waals surface area contributed by atoms with Gasteiger partial charge in [-0.15, -0.1) is 0 Å². The average molecular weight is 189 g/mol. The van der Waals surface area contributed by atoms with Crippen LogP contribution >= 0.6 is 0 Å². The van der Waals surface area contributed by atoms with E-state index in [0.717, 1.165) is 13.1 Å². The molecule has 76 valence electrons. The molecule has 0 amide bonds. The van der Waals surface area contributed by atoms with Gasteiger partial charge in [0.2, 0.25) is 0 Å². The lowest BCUT2D eigenvalue weighted by Crippen LogP contribution is -2.39. The fourth-order valence-corrected chi connectivity index (χ4v) is 2.76. The monoisotopic (exact) mass is 189 g/mol. The smallest absolute Gasteiger partial charge is 0.0209 e. The van der Waals surface area contributed by atoms with E-state index in [9.17, 15) is 0 Å². The number of rotatable bonds is 0. The Morgan fingerprint density at radius 2 is 1.93 bits per heavy atom. The lowest BCUT2D eigenvalue weighted by Gasteiger charge is -2.35. The van der Waals surface area contributed by atoms with Crippen LogP contribution in [0.4, 0.5) is 0 Å². The molecule has 2 rings (SSSR count). The highest BCUT2D eigenvalue weighted by Gasteiger charge is 2.28. The third kappa shape index (κ3) is 1.46. The van der Waals surface area contributed by atoms with Gasteiger partial charge < -0.3 is 5.32 Å². The molecule has 1 aliphatic heterocycles. The van der Waals surface area contributed by atoms with Crippen molar-refractivity contribution in [3.8, 4) is 0 Å². The van der Waals surface area contributed by atoms with E-state index in [1.165, 1.54) is 16.7 Å². The van der Waals surface area contributed by atoms with Crippen LogP contribution in [0.25, 0.3) is 0 Å². The van der Waals surface area contributed by atoms with Gasteiger partial charge in [0, 0.05) is 18.5 Å². The topological polar surface area (TPSA) is 12.0 Å². The van der Waals surface area contributed by atoms with Crippen LogP contribution in [0.3, 0.4) is 0 Å². The van der Waals surface area contributed by atoms with Crippen LogP contribution in [-0.4, -0.2) is 6.54 Å². The summed E-state index contributed by atoms with van der Waals surface area (Å²) in [7, 11) is 0. The third-order valence-corrected chi connectivity index (χ3v) is 3.12. The highest BCUT2D eigenvalue weighted by molar-refractivity contribution is 5.44. The number of aryl methyl sites for hydroxylation is 2. The summed E-state index contributed by atoms with van der Waals surface area (Å²) in [5.41, 5.74) is 6.15. The zero-order valence-electron chi connectivity index (χ0n) is 9.57. The summed E-state index contributed by atoms with van der Waals surface area (Å²) in [5.74, 6) is 0. The zero-order valence-corrected chi connectivity index (χ0v) is 9.57. The van der Waals surface area contributed by atoms with Crippen molar-refractivity contribution in [3.05, 3.63) is 34.4 Å². The molecule has 1 aliphatic rings. The van der Waals surface area contributed by atoms with Crippen molar-refractivity contribution in [2.45, 2.75) is 39.7 Å². The summed E-state index contributed by atoms with van der Waals surface area (Å²) < 4.78 is 0. The zero-order chi connectivity index (χ0) is 10.3. The number of hydrogen-bond donors (Lipinski definition) is 1. The summed E-state index contributed by atoms with van der Waals surface area (Å²) in [6.07, 6.45) is 0. The second-order valence-corrected chi connectivity index (χ2v) is 5.10. The SMILES string of the molecule is Cc1cc(C)c2c(c1)CNCC2(C)C.